The van der Waals surface area contributed by atoms with Gasteiger partial charge >= 0.3 is 135 Å². The summed E-state index contributed by atoms with van der Waals surface area (Å²) in [5.41, 5.74) is 0. The molecule has 0 aliphatic heterocycles. The number of thiophene rings is 1. The Morgan fingerprint density at radius 1 is 0.696 bits per heavy atom. The number of hydrogen-bond donors (Lipinski definition) is 0. The maximum absolute atomic E-state index is 6.09. The van der Waals surface area contributed by atoms with E-state index in [1.807, 2.05) is 66.7 Å². The van der Waals surface area contributed by atoms with Gasteiger partial charge in [0.1, 0.15) is 0 Å². The molecule has 1 heterocycles. The van der Waals surface area contributed by atoms with Gasteiger partial charge in [-0.25, -0.2) is 0 Å². The van der Waals surface area contributed by atoms with E-state index in [9.17, 15) is 0 Å². The minimum absolute atomic E-state index is 0. The maximum atomic E-state index is 6.09. The Hall–Kier alpha value is -1.10. The van der Waals surface area contributed by atoms with Crippen LogP contribution in [0.1, 0.15) is 4.88 Å². The SMILES string of the molecule is Cl.Cl.[CH](c1cccs1)=[Ti]([O]c1ccccc1)[O]c1ccccc1. The summed E-state index contributed by atoms with van der Waals surface area (Å²) in [5, 5.41) is 2.06. The molecule has 3 aromatic rings. The fraction of sp³-hybridized carbons (Fsp3) is 0. The van der Waals surface area contributed by atoms with Gasteiger partial charge in [-0.2, -0.15) is 0 Å². The minimum atomic E-state index is -2.30. The Balaban J connectivity index is 0.00000132. The standard InChI is InChI=1S/2C6H6O.C5H4S.2ClH.Ti/c2*7-6-4-2-1-3-5-6;1-5-3-2-4-6-5;;;/h2*1-5,7H;1-4H;2*1H;/q;;;;;+2/p-2. The van der Waals surface area contributed by atoms with Gasteiger partial charge in [-0.1, -0.05) is 0 Å². The molecule has 0 aliphatic rings. The first-order chi connectivity index (χ1) is 10.4. The summed E-state index contributed by atoms with van der Waals surface area (Å²) in [6.07, 6.45) is 0. The van der Waals surface area contributed by atoms with E-state index in [0.29, 0.717) is 0 Å². The van der Waals surface area contributed by atoms with Gasteiger partial charge < -0.3 is 0 Å². The monoisotopic (exact) mass is 402 g/mol. The van der Waals surface area contributed by atoms with E-state index in [1.165, 1.54) is 4.88 Å². The molecule has 0 aliphatic carbocycles. The first-order valence-corrected chi connectivity index (χ1v) is 9.67. The molecule has 0 N–H and O–H groups in total. The van der Waals surface area contributed by atoms with E-state index < -0.39 is 18.2 Å². The Bertz CT molecular complexity index is 660. The fourth-order valence-corrected chi connectivity index (χ4v) is 4.95. The van der Waals surface area contributed by atoms with Gasteiger partial charge in [0.25, 0.3) is 0 Å². The molecular formula is C17H16Cl2O2STi. The van der Waals surface area contributed by atoms with Gasteiger partial charge in [0.2, 0.25) is 0 Å². The molecule has 120 valence electrons. The molecule has 1 aromatic heterocycles. The molecule has 0 bridgehead atoms. The molecule has 0 fully saturated rings. The first-order valence-electron chi connectivity index (χ1n) is 6.61. The number of halogens is 2. The number of hydrogen-bond acceptors (Lipinski definition) is 3. The summed E-state index contributed by atoms with van der Waals surface area (Å²) in [4.78, 5) is 1.19. The third kappa shape index (κ3) is 6.50. The van der Waals surface area contributed by atoms with E-state index >= 15 is 0 Å². The van der Waals surface area contributed by atoms with Crippen molar-refractivity contribution in [3.63, 3.8) is 0 Å². The van der Waals surface area contributed by atoms with Crippen LogP contribution in [0.15, 0.2) is 78.2 Å². The van der Waals surface area contributed by atoms with Gasteiger partial charge in [-0.3, -0.25) is 0 Å². The fourth-order valence-electron chi connectivity index (χ4n) is 1.78. The summed E-state index contributed by atoms with van der Waals surface area (Å²) >= 11 is -0.602. The van der Waals surface area contributed by atoms with E-state index in [-0.39, 0.29) is 24.8 Å². The third-order valence-electron chi connectivity index (χ3n) is 2.73. The van der Waals surface area contributed by atoms with Crippen molar-refractivity contribution < 1.29 is 24.8 Å². The molecule has 2 nitrogen and oxygen atoms in total. The molecule has 23 heavy (non-hydrogen) atoms. The third-order valence-corrected chi connectivity index (χ3v) is 6.09. The second kappa shape index (κ2) is 10.6. The average molecular weight is 403 g/mol. The molecule has 0 amide bonds. The Kier molecular flexibility index (Phi) is 9.23. The van der Waals surface area contributed by atoms with E-state index in [0.717, 1.165) is 11.5 Å². The molecule has 0 saturated carbocycles. The molecule has 0 atom stereocenters. The van der Waals surface area contributed by atoms with Gasteiger partial charge in [-0.15, -0.1) is 24.8 Å². The molecule has 3 rings (SSSR count). The van der Waals surface area contributed by atoms with Crippen LogP contribution >= 0.6 is 36.2 Å². The average Bonchev–Trinajstić information content (AvgIpc) is 3.02. The van der Waals surface area contributed by atoms with Crippen molar-refractivity contribution in [1.82, 2.24) is 0 Å². The van der Waals surface area contributed by atoms with Crippen molar-refractivity contribution in [2.24, 2.45) is 0 Å². The molecule has 0 spiro atoms. The Labute approximate surface area is 159 Å². The van der Waals surface area contributed by atoms with Crippen LogP contribution in [0, 0.1) is 0 Å². The second-order valence-electron chi connectivity index (χ2n) is 4.31. The van der Waals surface area contributed by atoms with Gasteiger partial charge in [-0.05, 0) is 0 Å². The van der Waals surface area contributed by atoms with Gasteiger partial charge in [0.05, 0.1) is 0 Å². The van der Waals surface area contributed by atoms with Crippen molar-refractivity contribution in [2.45, 2.75) is 0 Å². The van der Waals surface area contributed by atoms with Crippen LogP contribution in [0.25, 0.3) is 0 Å². The van der Waals surface area contributed by atoms with Crippen LogP contribution in [0.4, 0.5) is 0 Å². The van der Waals surface area contributed by atoms with Crippen molar-refractivity contribution in [1.29, 1.82) is 0 Å². The zero-order valence-corrected chi connectivity index (χ0v) is 16.1. The van der Waals surface area contributed by atoms with Crippen molar-refractivity contribution >= 4 is 40.5 Å². The normalized spacial score (nSPS) is 9.04. The van der Waals surface area contributed by atoms with Gasteiger partial charge in [0, 0.05) is 0 Å². The summed E-state index contributed by atoms with van der Waals surface area (Å²) in [6, 6.07) is 23.8. The number of rotatable bonds is 5. The topological polar surface area (TPSA) is 18.5 Å². The van der Waals surface area contributed by atoms with E-state index in [1.54, 1.807) is 11.3 Å². The van der Waals surface area contributed by atoms with Gasteiger partial charge in [0.15, 0.2) is 0 Å². The zero-order valence-electron chi connectivity index (χ0n) is 12.1. The quantitative estimate of drug-likeness (QED) is 0.535. The summed E-state index contributed by atoms with van der Waals surface area (Å²) in [5.74, 6) is 1.72. The molecule has 0 radical (unpaired) electrons. The molecule has 0 saturated heterocycles. The van der Waals surface area contributed by atoms with Crippen molar-refractivity contribution in [2.75, 3.05) is 0 Å². The molecular weight excluding hydrogens is 387 g/mol. The van der Waals surface area contributed by atoms with Crippen molar-refractivity contribution in [3.8, 4) is 11.5 Å². The predicted molar refractivity (Wildman–Crippen MR) is 98.1 cm³/mol. The first kappa shape index (κ1) is 19.9. The van der Waals surface area contributed by atoms with Crippen LogP contribution in [0.2, 0.25) is 0 Å². The van der Waals surface area contributed by atoms with E-state index in [4.69, 9.17) is 6.64 Å². The number of para-hydroxylation sites is 2. The summed E-state index contributed by atoms with van der Waals surface area (Å²) in [7, 11) is 0. The molecule has 0 unspecified atom stereocenters. The second-order valence-corrected chi connectivity index (χ2v) is 7.37. The Morgan fingerprint density at radius 3 is 1.65 bits per heavy atom. The summed E-state index contributed by atoms with van der Waals surface area (Å²) < 4.78 is 14.3. The predicted octanol–water partition coefficient (Wildman–Crippen LogP) is 5.35. The summed E-state index contributed by atoms with van der Waals surface area (Å²) in [6.45, 7) is 0. The van der Waals surface area contributed by atoms with Crippen LogP contribution in [0.5, 0.6) is 11.5 Å². The Morgan fingerprint density at radius 2 is 1.22 bits per heavy atom. The van der Waals surface area contributed by atoms with E-state index in [2.05, 4.69) is 15.8 Å². The molecule has 2 aromatic carbocycles. The number of benzene rings is 2. The van der Waals surface area contributed by atoms with Crippen LogP contribution < -0.4 is 6.64 Å². The van der Waals surface area contributed by atoms with Crippen LogP contribution in [0.3, 0.4) is 0 Å². The molecule has 6 heteroatoms. The van der Waals surface area contributed by atoms with Crippen LogP contribution in [-0.4, -0.2) is 4.31 Å². The van der Waals surface area contributed by atoms with Crippen LogP contribution in [-0.2, 0) is 18.2 Å². The van der Waals surface area contributed by atoms with Crippen molar-refractivity contribution in [3.05, 3.63) is 83.1 Å². The zero-order chi connectivity index (χ0) is 14.3.